The zero-order chi connectivity index (χ0) is 20.6. The van der Waals surface area contributed by atoms with E-state index >= 15 is 0 Å². The molecule has 0 atom stereocenters. The molecule has 3 rings (SSSR count). The normalized spacial score (nSPS) is 15.1. The Kier molecular flexibility index (Phi) is 7.19. The number of hydrogen-bond donors (Lipinski definition) is 0. The van der Waals surface area contributed by atoms with Gasteiger partial charge in [-0.25, -0.2) is 4.79 Å². The van der Waals surface area contributed by atoms with Crippen molar-refractivity contribution in [2.75, 3.05) is 26.2 Å². The summed E-state index contributed by atoms with van der Waals surface area (Å²) >= 11 is 0. The van der Waals surface area contributed by atoms with Crippen LogP contribution in [0.25, 0.3) is 0 Å². The second-order valence-electron chi connectivity index (χ2n) is 6.99. The van der Waals surface area contributed by atoms with Gasteiger partial charge in [-0.15, -0.1) is 0 Å². The van der Waals surface area contributed by atoms with E-state index in [1.807, 2.05) is 13.0 Å². The smallest absolute Gasteiger partial charge is 0.343 e. The van der Waals surface area contributed by atoms with Gasteiger partial charge in [0.25, 0.3) is 5.56 Å². The van der Waals surface area contributed by atoms with Gasteiger partial charge in [0, 0.05) is 19.3 Å². The van der Waals surface area contributed by atoms with E-state index in [2.05, 4.69) is 4.90 Å². The molecule has 0 saturated carbocycles. The van der Waals surface area contributed by atoms with Gasteiger partial charge in [-0.2, -0.15) is 0 Å². The second kappa shape index (κ2) is 10.0. The SMILES string of the molecule is CCOC(=O)C1CCN(CCn2cccc(OC(=O)c3ccccc3)c2=O)CC1. The fourth-order valence-electron chi connectivity index (χ4n) is 3.40. The lowest BCUT2D eigenvalue weighted by molar-refractivity contribution is -0.149. The van der Waals surface area contributed by atoms with E-state index in [0.29, 0.717) is 25.3 Å². The average molecular weight is 398 g/mol. The first-order chi connectivity index (χ1) is 14.1. The van der Waals surface area contributed by atoms with Crippen molar-refractivity contribution < 1.29 is 19.1 Å². The molecule has 2 aromatic rings. The lowest BCUT2D eigenvalue weighted by Crippen LogP contribution is -2.39. The minimum absolute atomic E-state index is 0.0161. The Morgan fingerprint density at radius 3 is 2.45 bits per heavy atom. The first-order valence-corrected chi connectivity index (χ1v) is 9.94. The maximum Gasteiger partial charge on any atom is 0.343 e. The Balaban J connectivity index is 1.55. The van der Waals surface area contributed by atoms with Crippen LogP contribution in [0.2, 0.25) is 0 Å². The fraction of sp³-hybridized carbons (Fsp3) is 0.409. The molecule has 7 heteroatoms. The zero-order valence-corrected chi connectivity index (χ0v) is 16.6. The number of benzene rings is 1. The largest absolute Gasteiger partial charge is 0.466 e. The Morgan fingerprint density at radius 2 is 1.76 bits per heavy atom. The van der Waals surface area contributed by atoms with Gasteiger partial charge < -0.3 is 18.9 Å². The van der Waals surface area contributed by atoms with Crippen LogP contribution in [0.5, 0.6) is 5.75 Å². The Labute approximate surface area is 169 Å². The highest BCUT2D eigenvalue weighted by Crippen LogP contribution is 2.18. The molecule has 1 aromatic carbocycles. The van der Waals surface area contributed by atoms with E-state index in [-0.39, 0.29) is 23.2 Å². The standard InChI is InChI=1S/C22H26N2O5/c1-2-28-21(26)18-10-13-23(14-11-18)15-16-24-12-6-9-19(20(24)25)29-22(27)17-7-4-3-5-8-17/h3-9,12,18H,2,10-11,13-16H2,1H3. The maximum absolute atomic E-state index is 12.6. The predicted octanol–water partition coefficient (Wildman–Crippen LogP) is 2.34. The van der Waals surface area contributed by atoms with E-state index in [1.54, 1.807) is 41.1 Å². The van der Waals surface area contributed by atoms with E-state index in [9.17, 15) is 14.4 Å². The second-order valence-corrected chi connectivity index (χ2v) is 6.99. The van der Waals surface area contributed by atoms with Gasteiger partial charge in [-0.3, -0.25) is 9.59 Å². The van der Waals surface area contributed by atoms with Gasteiger partial charge in [0.2, 0.25) is 0 Å². The van der Waals surface area contributed by atoms with Crippen LogP contribution in [0.1, 0.15) is 30.1 Å². The van der Waals surface area contributed by atoms with Crippen LogP contribution in [0.3, 0.4) is 0 Å². The molecule has 1 aliphatic rings. The molecule has 1 fully saturated rings. The number of nitrogens with zero attached hydrogens (tertiary/aromatic N) is 2. The highest BCUT2D eigenvalue weighted by Gasteiger charge is 2.25. The summed E-state index contributed by atoms with van der Waals surface area (Å²) in [6, 6.07) is 11.8. The van der Waals surface area contributed by atoms with Crippen LogP contribution in [0, 0.1) is 5.92 Å². The summed E-state index contributed by atoms with van der Waals surface area (Å²) in [5, 5.41) is 0. The summed E-state index contributed by atoms with van der Waals surface area (Å²) in [4.78, 5) is 38.9. The van der Waals surface area contributed by atoms with Gasteiger partial charge >= 0.3 is 11.9 Å². The number of likely N-dealkylation sites (tertiary alicyclic amines) is 1. The summed E-state index contributed by atoms with van der Waals surface area (Å²) in [6.45, 7) is 4.98. The van der Waals surface area contributed by atoms with Crippen molar-refractivity contribution in [3.8, 4) is 5.75 Å². The third kappa shape index (κ3) is 5.54. The van der Waals surface area contributed by atoms with E-state index in [1.165, 1.54) is 6.07 Å². The third-order valence-electron chi connectivity index (χ3n) is 5.06. The lowest BCUT2D eigenvalue weighted by atomic mass is 9.97. The molecule has 0 N–H and O–H groups in total. The van der Waals surface area contributed by atoms with Gasteiger partial charge in [0.1, 0.15) is 0 Å². The Bertz CT molecular complexity index is 886. The molecular formula is C22H26N2O5. The molecule has 0 bridgehead atoms. The van der Waals surface area contributed by atoms with E-state index in [4.69, 9.17) is 9.47 Å². The molecule has 0 aliphatic carbocycles. The monoisotopic (exact) mass is 398 g/mol. The first-order valence-electron chi connectivity index (χ1n) is 9.94. The Morgan fingerprint density at radius 1 is 1.03 bits per heavy atom. The van der Waals surface area contributed by atoms with Gasteiger partial charge in [0.05, 0.1) is 18.1 Å². The van der Waals surface area contributed by atoms with Gasteiger partial charge in [-0.1, -0.05) is 18.2 Å². The fourth-order valence-corrected chi connectivity index (χ4v) is 3.40. The minimum Gasteiger partial charge on any atom is -0.466 e. The van der Waals surface area contributed by atoms with Crippen LogP contribution < -0.4 is 10.3 Å². The van der Waals surface area contributed by atoms with Gasteiger partial charge in [-0.05, 0) is 57.1 Å². The van der Waals surface area contributed by atoms with Crippen LogP contribution >= 0.6 is 0 Å². The summed E-state index contributed by atoms with van der Waals surface area (Å²) in [7, 11) is 0. The number of pyridine rings is 1. The first kappa shape index (κ1) is 20.8. The third-order valence-corrected chi connectivity index (χ3v) is 5.06. The number of piperidine rings is 1. The van der Waals surface area contributed by atoms with Crippen LogP contribution in [0.15, 0.2) is 53.5 Å². The van der Waals surface area contributed by atoms with Crippen molar-refractivity contribution in [3.63, 3.8) is 0 Å². The number of carbonyl (C=O) groups is 2. The van der Waals surface area contributed by atoms with Crippen molar-refractivity contribution in [2.45, 2.75) is 26.3 Å². The van der Waals surface area contributed by atoms with Crippen LogP contribution in [-0.4, -0.2) is 47.6 Å². The highest BCUT2D eigenvalue weighted by atomic mass is 16.5. The number of aromatic nitrogens is 1. The van der Waals surface area contributed by atoms with Crippen LogP contribution in [0.4, 0.5) is 0 Å². The van der Waals surface area contributed by atoms with Crippen LogP contribution in [-0.2, 0) is 16.1 Å². The van der Waals surface area contributed by atoms with Crippen molar-refractivity contribution in [3.05, 3.63) is 64.6 Å². The maximum atomic E-state index is 12.6. The molecule has 0 unspecified atom stereocenters. The number of esters is 2. The predicted molar refractivity (Wildman–Crippen MR) is 108 cm³/mol. The van der Waals surface area contributed by atoms with Crippen molar-refractivity contribution in [1.82, 2.24) is 9.47 Å². The lowest BCUT2D eigenvalue weighted by Gasteiger charge is -2.30. The number of carbonyl (C=O) groups excluding carboxylic acids is 2. The number of hydrogen-bond acceptors (Lipinski definition) is 6. The highest BCUT2D eigenvalue weighted by molar-refractivity contribution is 5.90. The molecule has 0 radical (unpaired) electrons. The van der Waals surface area contributed by atoms with E-state index in [0.717, 1.165) is 25.9 Å². The van der Waals surface area contributed by atoms with Crippen molar-refractivity contribution >= 4 is 11.9 Å². The quantitative estimate of drug-likeness (QED) is 0.667. The van der Waals surface area contributed by atoms with Gasteiger partial charge in [0.15, 0.2) is 5.75 Å². The average Bonchev–Trinajstić information content (AvgIpc) is 2.75. The number of rotatable bonds is 7. The summed E-state index contributed by atoms with van der Waals surface area (Å²) in [5.41, 5.74) is 0.0602. The number of ether oxygens (including phenoxy) is 2. The molecular weight excluding hydrogens is 372 g/mol. The zero-order valence-electron chi connectivity index (χ0n) is 16.6. The molecule has 2 heterocycles. The summed E-state index contributed by atoms with van der Waals surface area (Å²) < 4.78 is 11.9. The minimum atomic E-state index is -0.554. The molecule has 1 aromatic heterocycles. The topological polar surface area (TPSA) is 77.8 Å². The summed E-state index contributed by atoms with van der Waals surface area (Å²) in [6.07, 6.45) is 3.22. The molecule has 0 amide bonds. The molecule has 1 saturated heterocycles. The summed E-state index contributed by atoms with van der Waals surface area (Å²) in [5.74, 6) is -0.685. The van der Waals surface area contributed by atoms with Crippen molar-refractivity contribution in [2.24, 2.45) is 5.92 Å². The Hall–Kier alpha value is -2.93. The molecule has 1 aliphatic heterocycles. The molecule has 154 valence electrons. The van der Waals surface area contributed by atoms with E-state index < -0.39 is 5.97 Å². The molecule has 7 nitrogen and oxygen atoms in total. The molecule has 0 spiro atoms. The molecule has 29 heavy (non-hydrogen) atoms. The van der Waals surface area contributed by atoms with Crippen molar-refractivity contribution in [1.29, 1.82) is 0 Å².